The number of rotatable bonds is 5. The van der Waals surface area contributed by atoms with Gasteiger partial charge in [0.2, 0.25) is 0 Å². The van der Waals surface area contributed by atoms with Crippen LogP contribution in [0.25, 0.3) is 0 Å². The molecule has 1 aliphatic rings. The summed E-state index contributed by atoms with van der Waals surface area (Å²) in [6.45, 7) is 1.77. The van der Waals surface area contributed by atoms with Gasteiger partial charge in [0.1, 0.15) is 5.82 Å². The van der Waals surface area contributed by atoms with Crippen LogP contribution in [0.4, 0.5) is 0 Å². The van der Waals surface area contributed by atoms with Gasteiger partial charge in [0, 0.05) is 35.2 Å². The van der Waals surface area contributed by atoms with E-state index >= 15 is 0 Å². The van der Waals surface area contributed by atoms with Crippen LogP contribution < -0.4 is 11.0 Å². The van der Waals surface area contributed by atoms with Crippen LogP contribution in [0.1, 0.15) is 35.4 Å². The summed E-state index contributed by atoms with van der Waals surface area (Å²) in [5, 5.41) is 7.88. The first-order valence-electron chi connectivity index (χ1n) is 7.96. The maximum Gasteiger partial charge on any atom is 0.345 e. The summed E-state index contributed by atoms with van der Waals surface area (Å²) in [5.74, 6) is 0.743. The van der Waals surface area contributed by atoms with Gasteiger partial charge in [-0.15, -0.1) is 0 Å². The quantitative estimate of drug-likeness (QED) is 0.550. The number of amides is 1. The van der Waals surface area contributed by atoms with E-state index < -0.39 is 0 Å². The van der Waals surface area contributed by atoms with Crippen LogP contribution in [-0.4, -0.2) is 26.8 Å². The molecule has 6 nitrogen and oxygen atoms in total. The zero-order valence-electron chi connectivity index (χ0n) is 13.1. The molecule has 1 aromatic carbocycles. The fourth-order valence-electron chi connectivity index (χ4n) is 2.76. The van der Waals surface area contributed by atoms with E-state index in [0.717, 1.165) is 35.2 Å². The van der Waals surface area contributed by atoms with Gasteiger partial charge in [-0.2, -0.15) is 5.10 Å². The third-order valence-electron chi connectivity index (χ3n) is 4.05. The van der Waals surface area contributed by atoms with E-state index in [1.807, 2.05) is 0 Å². The minimum absolute atomic E-state index is 0.0386. The largest absolute Gasteiger partial charge is 0.352 e. The lowest BCUT2D eigenvalue weighted by atomic mass is 10.2. The van der Waals surface area contributed by atoms with Gasteiger partial charge in [-0.1, -0.05) is 11.6 Å². The second-order valence-electron chi connectivity index (χ2n) is 5.77. The molecule has 0 atom stereocenters. The molecule has 0 spiro atoms. The first-order chi connectivity index (χ1) is 11.6. The molecule has 0 fully saturated rings. The fraction of sp³-hybridized carbons (Fsp3) is 0.438. The average Bonchev–Trinajstić information content (AvgIpc) is 2.90. The van der Waals surface area contributed by atoms with E-state index in [1.165, 1.54) is 4.68 Å². The highest BCUT2D eigenvalue weighted by Crippen LogP contribution is 2.19. The van der Waals surface area contributed by atoms with Gasteiger partial charge in [0.25, 0.3) is 5.91 Å². The average molecular weight is 461 g/mol. The number of aromatic nitrogens is 3. The number of benzene rings is 1. The summed E-state index contributed by atoms with van der Waals surface area (Å²) in [4.78, 5) is 24.3. The standard InChI is InChI=1S/C16H18ClIN4O2/c17-12-6-5-11(10-13(12)18)15(23)19-7-3-9-22-16(24)21-8-2-1-4-14(21)20-22/h5-6,10H,1-4,7-9H2,(H,19,23). The first-order valence-corrected chi connectivity index (χ1v) is 9.41. The van der Waals surface area contributed by atoms with E-state index in [9.17, 15) is 9.59 Å². The van der Waals surface area contributed by atoms with Gasteiger partial charge in [0.05, 0.1) is 5.02 Å². The Morgan fingerprint density at radius 2 is 2.21 bits per heavy atom. The summed E-state index contributed by atoms with van der Waals surface area (Å²) < 4.78 is 4.12. The maximum absolute atomic E-state index is 12.2. The molecule has 0 radical (unpaired) electrons. The topological polar surface area (TPSA) is 68.9 Å². The molecule has 0 unspecified atom stereocenters. The molecule has 1 amide bonds. The van der Waals surface area contributed by atoms with Crippen molar-refractivity contribution in [2.24, 2.45) is 0 Å². The molecule has 128 valence electrons. The number of nitrogens with zero attached hydrogens (tertiary/aromatic N) is 3. The molecule has 2 heterocycles. The molecule has 2 aromatic rings. The molecule has 0 bridgehead atoms. The Balaban J connectivity index is 1.52. The Bertz CT molecular complexity index is 815. The highest BCUT2D eigenvalue weighted by molar-refractivity contribution is 14.1. The Morgan fingerprint density at radius 3 is 2.96 bits per heavy atom. The molecule has 24 heavy (non-hydrogen) atoms. The number of halogens is 2. The van der Waals surface area contributed by atoms with Crippen LogP contribution in [0.15, 0.2) is 23.0 Å². The smallest absolute Gasteiger partial charge is 0.345 e. The molecule has 3 rings (SSSR count). The third kappa shape index (κ3) is 3.83. The van der Waals surface area contributed by atoms with Crippen molar-refractivity contribution in [1.82, 2.24) is 19.7 Å². The van der Waals surface area contributed by atoms with Crippen molar-refractivity contribution in [2.45, 2.75) is 38.8 Å². The molecule has 8 heteroatoms. The lowest BCUT2D eigenvalue weighted by Gasteiger charge is -2.09. The van der Waals surface area contributed by atoms with E-state index in [1.54, 1.807) is 22.8 Å². The molecule has 1 N–H and O–H groups in total. The Labute approximate surface area is 158 Å². The zero-order chi connectivity index (χ0) is 17.1. The molecule has 1 aliphatic heterocycles. The number of hydrogen-bond acceptors (Lipinski definition) is 3. The number of carbonyl (C=O) groups excluding carboxylic acids is 1. The van der Waals surface area contributed by atoms with Gasteiger partial charge in [-0.3, -0.25) is 9.36 Å². The van der Waals surface area contributed by atoms with Crippen LogP contribution in [0, 0.1) is 3.57 Å². The van der Waals surface area contributed by atoms with E-state index in [-0.39, 0.29) is 11.6 Å². The van der Waals surface area contributed by atoms with Crippen molar-refractivity contribution < 1.29 is 4.79 Å². The lowest BCUT2D eigenvalue weighted by molar-refractivity contribution is 0.0952. The van der Waals surface area contributed by atoms with Crippen molar-refractivity contribution >= 4 is 40.1 Å². The molecule has 0 saturated heterocycles. The minimum Gasteiger partial charge on any atom is -0.352 e. The number of fused-ring (bicyclic) bond motifs is 1. The predicted octanol–water partition coefficient (Wildman–Crippen LogP) is 2.46. The minimum atomic E-state index is -0.138. The summed E-state index contributed by atoms with van der Waals surface area (Å²) in [6.07, 6.45) is 3.65. The predicted molar refractivity (Wildman–Crippen MR) is 101 cm³/mol. The van der Waals surface area contributed by atoms with Gasteiger partial charge in [0.15, 0.2) is 0 Å². The zero-order valence-corrected chi connectivity index (χ0v) is 16.0. The second kappa shape index (κ2) is 7.69. The van der Waals surface area contributed by atoms with Crippen LogP contribution in [0.3, 0.4) is 0 Å². The first kappa shape index (κ1) is 17.5. The SMILES string of the molecule is O=C(NCCCn1nc2n(c1=O)CCCC2)c1ccc(Cl)c(I)c1. The van der Waals surface area contributed by atoms with Gasteiger partial charge < -0.3 is 5.32 Å². The fourth-order valence-corrected chi connectivity index (χ4v) is 3.40. The highest BCUT2D eigenvalue weighted by atomic mass is 127. The summed E-state index contributed by atoms with van der Waals surface area (Å²) in [5.41, 5.74) is 0.543. The number of aryl methyl sites for hydroxylation is 2. The van der Waals surface area contributed by atoms with Crippen molar-refractivity contribution in [1.29, 1.82) is 0 Å². The third-order valence-corrected chi connectivity index (χ3v) is 5.59. The van der Waals surface area contributed by atoms with Crippen molar-refractivity contribution in [2.75, 3.05) is 6.54 Å². The van der Waals surface area contributed by atoms with Crippen LogP contribution >= 0.6 is 34.2 Å². The summed E-state index contributed by atoms with van der Waals surface area (Å²) in [7, 11) is 0. The molecule has 0 saturated carbocycles. The lowest BCUT2D eigenvalue weighted by Crippen LogP contribution is -2.29. The van der Waals surface area contributed by atoms with Gasteiger partial charge in [-0.25, -0.2) is 9.48 Å². The van der Waals surface area contributed by atoms with Gasteiger partial charge in [-0.05, 0) is 60.1 Å². The van der Waals surface area contributed by atoms with Crippen LogP contribution in [0.5, 0.6) is 0 Å². The number of carbonyl (C=O) groups is 1. The maximum atomic E-state index is 12.2. The second-order valence-corrected chi connectivity index (χ2v) is 7.34. The van der Waals surface area contributed by atoms with Crippen molar-refractivity contribution in [3.63, 3.8) is 0 Å². The number of hydrogen-bond donors (Lipinski definition) is 1. The molecular weight excluding hydrogens is 443 g/mol. The molecular formula is C16H18ClIN4O2. The monoisotopic (exact) mass is 460 g/mol. The van der Waals surface area contributed by atoms with Crippen LogP contribution in [0.2, 0.25) is 5.02 Å². The highest BCUT2D eigenvalue weighted by Gasteiger charge is 2.16. The van der Waals surface area contributed by atoms with E-state index in [0.29, 0.717) is 30.1 Å². The van der Waals surface area contributed by atoms with Gasteiger partial charge >= 0.3 is 5.69 Å². The molecule has 0 aliphatic carbocycles. The summed E-state index contributed by atoms with van der Waals surface area (Å²) >= 11 is 8.05. The van der Waals surface area contributed by atoms with Crippen molar-refractivity contribution in [3.8, 4) is 0 Å². The van der Waals surface area contributed by atoms with Crippen LogP contribution in [-0.2, 0) is 19.5 Å². The Morgan fingerprint density at radius 1 is 1.38 bits per heavy atom. The summed E-state index contributed by atoms with van der Waals surface area (Å²) in [6, 6.07) is 5.17. The Hall–Kier alpha value is -1.35. The molecule has 1 aromatic heterocycles. The Kier molecular flexibility index (Phi) is 5.60. The van der Waals surface area contributed by atoms with E-state index in [4.69, 9.17) is 11.6 Å². The number of nitrogens with one attached hydrogen (secondary N) is 1. The van der Waals surface area contributed by atoms with Crippen molar-refractivity contribution in [3.05, 3.63) is 48.7 Å². The normalized spacial score (nSPS) is 13.6. The van der Waals surface area contributed by atoms with E-state index in [2.05, 4.69) is 33.0 Å².